The van der Waals surface area contributed by atoms with E-state index in [1.807, 2.05) is 29.3 Å². The molecule has 140 valence electrons. The van der Waals surface area contributed by atoms with Gasteiger partial charge in [-0.1, -0.05) is 18.2 Å². The van der Waals surface area contributed by atoms with Crippen molar-refractivity contribution in [1.82, 2.24) is 19.7 Å². The van der Waals surface area contributed by atoms with Crippen LogP contribution < -0.4 is 0 Å². The number of rotatable bonds is 5. The SMILES string of the molecule is O=C(O)c1cnn(C2CCN(C(=O)CCc3c[nH]c4ccccc34)CC2)c1. The summed E-state index contributed by atoms with van der Waals surface area (Å²) in [5.74, 6) is -0.795. The van der Waals surface area contributed by atoms with E-state index in [-0.39, 0.29) is 17.5 Å². The molecule has 27 heavy (non-hydrogen) atoms. The smallest absolute Gasteiger partial charge is 0.338 e. The number of likely N-dealkylation sites (tertiary alicyclic amines) is 1. The van der Waals surface area contributed by atoms with Gasteiger partial charge in [-0.2, -0.15) is 5.10 Å². The normalized spacial score (nSPS) is 15.3. The molecule has 3 aromatic rings. The molecule has 1 fully saturated rings. The zero-order chi connectivity index (χ0) is 18.8. The summed E-state index contributed by atoms with van der Waals surface area (Å²) in [6.07, 6.45) is 7.74. The third-order valence-electron chi connectivity index (χ3n) is 5.32. The van der Waals surface area contributed by atoms with Crippen LogP contribution in [0.4, 0.5) is 0 Å². The first-order valence-electron chi connectivity index (χ1n) is 9.22. The van der Waals surface area contributed by atoms with Crippen LogP contribution in [0.2, 0.25) is 0 Å². The van der Waals surface area contributed by atoms with Crippen LogP contribution in [0.15, 0.2) is 42.9 Å². The largest absolute Gasteiger partial charge is 0.478 e. The fourth-order valence-electron chi connectivity index (χ4n) is 3.77. The summed E-state index contributed by atoms with van der Waals surface area (Å²) in [6, 6.07) is 8.27. The lowest BCUT2D eigenvalue weighted by Gasteiger charge is -2.32. The summed E-state index contributed by atoms with van der Waals surface area (Å²) in [7, 11) is 0. The molecule has 0 aliphatic carbocycles. The van der Waals surface area contributed by atoms with Crippen LogP contribution in [0.25, 0.3) is 10.9 Å². The van der Waals surface area contributed by atoms with Gasteiger partial charge in [0.2, 0.25) is 5.91 Å². The quantitative estimate of drug-likeness (QED) is 0.726. The van der Waals surface area contributed by atoms with Gasteiger partial charge in [0.25, 0.3) is 0 Å². The number of hydrogen-bond donors (Lipinski definition) is 2. The monoisotopic (exact) mass is 366 g/mol. The van der Waals surface area contributed by atoms with E-state index in [0.717, 1.165) is 24.8 Å². The molecule has 0 radical (unpaired) electrons. The lowest BCUT2D eigenvalue weighted by atomic mass is 10.0. The Hall–Kier alpha value is -3.09. The molecule has 2 aromatic heterocycles. The van der Waals surface area contributed by atoms with Crippen molar-refractivity contribution in [3.63, 3.8) is 0 Å². The standard InChI is InChI=1S/C20H22N4O3/c25-19(6-5-14-11-21-18-4-2-1-3-17(14)18)23-9-7-16(8-10-23)24-13-15(12-22-24)20(26)27/h1-4,11-13,16,21H,5-10H2,(H,26,27). The number of carbonyl (C=O) groups excluding carboxylic acids is 1. The van der Waals surface area contributed by atoms with Crippen molar-refractivity contribution in [2.75, 3.05) is 13.1 Å². The number of carbonyl (C=O) groups is 2. The zero-order valence-corrected chi connectivity index (χ0v) is 15.0. The number of aromatic amines is 1. The van der Waals surface area contributed by atoms with Crippen LogP contribution >= 0.6 is 0 Å². The van der Waals surface area contributed by atoms with E-state index in [1.165, 1.54) is 17.1 Å². The number of carboxylic acids is 1. The molecule has 1 aliphatic heterocycles. The molecule has 2 N–H and O–H groups in total. The molecule has 1 amide bonds. The highest BCUT2D eigenvalue weighted by molar-refractivity contribution is 5.87. The third kappa shape index (κ3) is 3.58. The fourth-order valence-corrected chi connectivity index (χ4v) is 3.77. The lowest BCUT2D eigenvalue weighted by molar-refractivity contribution is -0.132. The van der Waals surface area contributed by atoms with Gasteiger partial charge in [-0.3, -0.25) is 9.48 Å². The molecule has 1 aromatic carbocycles. The van der Waals surface area contributed by atoms with Gasteiger partial charge in [0.15, 0.2) is 0 Å². The summed E-state index contributed by atoms with van der Waals surface area (Å²) in [5, 5.41) is 14.3. The maximum absolute atomic E-state index is 12.6. The van der Waals surface area contributed by atoms with E-state index in [0.29, 0.717) is 19.5 Å². The summed E-state index contributed by atoms with van der Waals surface area (Å²) >= 11 is 0. The van der Waals surface area contributed by atoms with E-state index in [2.05, 4.69) is 16.1 Å². The topological polar surface area (TPSA) is 91.2 Å². The van der Waals surface area contributed by atoms with Crippen LogP contribution in [0.3, 0.4) is 0 Å². The number of carboxylic acid groups (broad SMARTS) is 1. The Morgan fingerprint density at radius 3 is 2.74 bits per heavy atom. The number of hydrogen-bond acceptors (Lipinski definition) is 3. The second kappa shape index (κ2) is 7.26. The first-order chi connectivity index (χ1) is 13.1. The van der Waals surface area contributed by atoms with E-state index in [4.69, 9.17) is 5.11 Å². The van der Waals surface area contributed by atoms with Crippen molar-refractivity contribution >= 4 is 22.8 Å². The second-order valence-corrected chi connectivity index (χ2v) is 6.99. The first-order valence-corrected chi connectivity index (χ1v) is 9.22. The van der Waals surface area contributed by atoms with E-state index >= 15 is 0 Å². The Balaban J connectivity index is 1.31. The van der Waals surface area contributed by atoms with Gasteiger partial charge in [0.05, 0.1) is 17.8 Å². The average Bonchev–Trinajstić information content (AvgIpc) is 3.34. The maximum Gasteiger partial charge on any atom is 0.338 e. The molecule has 0 atom stereocenters. The fraction of sp³-hybridized carbons (Fsp3) is 0.350. The second-order valence-electron chi connectivity index (χ2n) is 6.99. The predicted molar refractivity (Wildman–Crippen MR) is 101 cm³/mol. The zero-order valence-electron chi connectivity index (χ0n) is 15.0. The van der Waals surface area contributed by atoms with Crippen LogP contribution in [-0.4, -0.2) is 49.7 Å². The number of piperidine rings is 1. The lowest BCUT2D eigenvalue weighted by Crippen LogP contribution is -2.39. The van der Waals surface area contributed by atoms with Crippen molar-refractivity contribution in [3.05, 3.63) is 54.0 Å². The summed E-state index contributed by atoms with van der Waals surface area (Å²) in [4.78, 5) is 28.7. The van der Waals surface area contributed by atoms with Gasteiger partial charge >= 0.3 is 5.97 Å². The number of amides is 1. The van der Waals surface area contributed by atoms with E-state index in [1.54, 1.807) is 10.9 Å². The Labute approximate surface area is 156 Å². The molecular weight excluding hydrogens is 344 g/mol. The molecule has 1 aliphatic rings. The van der Waals surface area contributed by atoms with Crippen molar-refractivity contribution in [2.24, 2.45) is 0 Å². The van der Waals surface area contributed by atoms with Gasteiger partial charge in [-0.15, -0.1) is 0 Å². The van der Waals surface area contributed by atoms with Crippen molar-refractivity contribution in [2.45, 2.75) is 31.7 Å². The number of H-pyrrole nitrogens is 1. The molecule has 0 spiro atoms. The summed E-state index contributed by atoms with van der Waals surface area (Å²) < 4.78 is 1.72. The molecule has 0 unspecified atom stereocenters. The molecule has 3 heterocycles. The van der Waals surface area contributed by atoms with Crippen molar-refractivity contribution < 1.29 is 14.7 Å². The number of aromatic carboxylic acids is 1. The minimum absolute atomic E-state index is 0.149. The van der Waals surface area contributed by atoms with Crippen LogP contribution in [0, 0.1) is 0 Å². The first kappa shape index (κ1) is 17.3. The molecule has 0 bridgehead atoms. The number of nitrogens with zero attached hydrogens (tertiary/aromatic N) is 3. The third-order valence-corrected chi connectivity index (χ3v) is 5.32. The molecule has 4 rings (SSSR count). The maximum atomic E-state index is 12.6. The molecular formula is C20H22N4O3. The Morgan fingerprint density at radius 2 is 2.00 bits per heavy atom. The molecule has 7 heteroatoms. The van der Waals surface area contributed by atoms with Crippen LogP contribution in [0.5, 0.6) is 0 Å². The Kier molecular flexibility index (Phi) is 4.66. The highest BCUT2D eigenvalue weighted by Crippen LogP contribution is 2.24. The van der Waals surface area contributed by atoms with Crippen LogP contribution in [0.1, 0.15) is 41.2 Å². The number of aromatic nitrogens is 3. The summed E-state index contributed by atoms with van der Waals surface area (Å²) in [5.41, 5.74) is 2.47. The van der Waals surface area contributed by atoms with Gasteiger partial charge in [-0.25, -0.2) is 4.79 Å². The number of nitrogens with one attached hydrogen (secondary N) is 1. The van der Waals surface area contributed by atoms with Gasteiger partial charge < -0.3 is 15.0 Å². The van der Waals surface area contributed by atoms with Gasteiger partial charge in [0.1, 0.15) is 0 Å². The minimum atomic E-state index is -0.967. The highest BCUT2D eigenvalue weighted by Gasteiger charge is 2.24. The van der Waals surface area contributed by atoms with Gasteiger partial charge in [0, 0.05) is 42.8 Å². The Bertz CT molecular complexity index is 966. The highest BCUT2D eigenvalue weighted by atomic mass is 16.4. The van der Waals surface area contributed by atoms with Gasteiger partial charge in [-0.05, 0) is 30.9 Å². The number of benzene rings is 1. The van der Waals surface area contributed by atoms with E-state index in [9.17, 15) is 9.59 Å². The van der Waals surface area contributed by atoms with Crippen molar-refractivity contribution in [3.8, 4) is 0 Å². The summed E-state index contributed by atoms with van der Waals surface area (Å²) in [6.45, 7) is 1.36. The van der Waals surface area contributed by atoms with Crippen LogP contribution in [-0.2, 0) is 11.2 Å². The average molecular weight is 366 g/mol. The Morgan fingerprint density at radius 1 is 1.22 bits per heavy atom. The number of aryl methyl sites for hydroxylation is 1. The van der Waals surface area contributed by atoms with Crippen molar-refractivity contribution in [1.29, 1.82) is 0 Å². The van der Waals surface area contributed by atoms with E-state index < -0.39 is 5.97 Å². The minimum Gasteiger partial charge on any atom is -0.478 e. The molecule has 0 saturated carbocycles. The predicted octanol–water partition coefficient (Wildman–Crippen LogP) is 2.86. The molecule has 1 saturated heterocycles. The molecule has 7 nitrogen and oxygen atoms in total. The number of fused-ring (bicyclic) bond motifs is 1. The number of para-hydroxylation sites is 1.